The van der Waals surface area contributed by atoms with Crippen LogP contribution in [0.2, 0.25) is 0 Å². The van der Waals surface area contributed by atoms with Crippen LogP contribution in [0.25, 0.3) is 0 Å². The molecule has 150 valence electrons. The summed E-state index contributed by atoms with van der Waals surface area (Å²) < 4.78 is 5.36. The minimum atomic E-state index is -0.765. The fourth-order valence-corrected chi connectivity index (χ4v) is 4.46. The van der Waals surface area contributed by atoms with E-state index in [0.717, 1.165) is 36.1 Å². The van der Waals surface area contributed by atoms with E-state index in [-0.39, 0.29) is 23.6 Å². The molecule has 1 saturated carbocycles. The van der Waals surface area contributed by atoms with Crippen molar-refractivity contribution in [2.75, 3.05) is 0 Å². The zero-order valence-electron chi connectivity index (χ0n) is 16.0. The zero-order chi connectivity index (χ0) is 20.1. The van der Waals surface area contributed by atoms with Gasteiger partial charge in [-0.3, -0.25) is 14.6 Å². The third-order valence-electron chi connectivity index (χ3n) is 5.18. The molecule has 1 fully saturated rings. The molecular weight excluding hydrogens is 386 g/mol. The molecule has 3 heterocycles. The van der Waals surface area contributed by atoms with Gasteiger partial charge >= 0.3 is 0 Å². The van der Waals surface area contributed by atoms with Crippen LogP contribution in [0.4, 0.5) is 0 Å². The minimum absolute atomic E-state index is 0.161. The number of furan rings is 1. The van der Waals surface area contributed by atoms with Crippen molar-refractivity contribution in [1.29, 1.82) is 0 Å². The van der Waals surface area contributed by atoms with Crippen molar-refractivity contribution in [2.24, 2.45) is 0 Å². The molecular formula is C22H23N3O3S. The molecule has 0 spiro atoms. The van der Waals surface area contributed by atoms with Gasteiger partial charge < -0.3 is 14.6 Å². The van der Waals surface area contributed by atoms with Crippen LogP contribution in [0.15, 0.2) is 64.9 Å². The molecule has 2 amide bonds. The molecule has 1 aliphatic rings. The number of thiophene rings is 1. The lowest BCUT2D eigenvalue weighted by Crippen LogP contribution is -2.45. The van der Waals surface area contributed by atoms with Crippen LogP contribution in [-0.2, 0) is 11.3 Å². The maximum Gasteiger partial charge on any atom is 0.290 e. The predicted octanol–water partition coefficient (Wildman–Crippen LogP) is 4.18. The number of pyridine rings is 1. The Morgan fingerprint density at radius 3 is 2.62 bits per heavy atom. The highest BCUT2D eigenvalue weighted by atomic mass is 32.1. The molecule has 29 heavy (non-hydrogen) atoms. The van der Waals surface area contributed by atoms with E-state index in [0.29, 0.717) is 6.54 Å². The summed E-state index contributed by atoms with van der Waals surface area (Å²) in [6, 6.07) is 10.2. The average Bonchev–Trinajstić information content (AvgIpc) is 3.51. The predicted molar refractivity (Wildman–Crippen MR) is 110 cm³/mol. The van der Waals surface area contributed by atoms with Crippen molar-refractivity contribution in [1.82, 2.24) is 15.2 Å². The van der Waals surface area contributed by atoms with Crippen molar-refractivity contribution >= 4 is 23.2 Å². The topological polar surface area (TPSA) is 75.4 Å². The summed E-state index contributed by atoms with van der Waals surface area (Å²) in [6.07, 6.45) is 8.95. The van der Waals surface area contributed by atoms with Crippen LogP contribution in [-0.4, -0.2) is 27.7 Å². The van der Waals surface area contributed by atoms with Crippen LogP contribution >= 0.6 is 11.3 Å². The van der Waals surface area contributed by atoms with Crippen molar-refractivity contribution in [3.05, 3.63) is 76.6 Å². The summed E-state index contributed by atoms with van der Waals surface area (Å²) in [5, 5.41) is 5.12. The molecule has 1 atom stereocenters. The summed E-state index contributed by atoms with van der Waals surface area (Å²) in [4.78, 5) is 33.4. The van der Waals surface area contributed by atoms with E-state index >= 15 is 0 Å². The smallest absolute Gasteiger partial charge is 0.290 e. The van der Waals surface area contributed by atoms with Crippen LogP contribution in [0, 0.1) is 0 Å². The number of carbonyl (C=O) groups excluding carboxylic acids is 2. The Morgan fingerprint density at radius 2 is 1.97 bits per heavy atom. The maximum absolute atomic E-state index is 13.4. The highest BCUT2D eigenvalue weighted by molar-refractivity contribution is 7.09. The second-order valence-corrected chi connectivity index (χ2v) is 8.20. The Hall–Kier alpha value is -2.93. The first-order chi connectivity index (χ1) is 14.2. The van der Waals surface area contributed by atoms with E-state index < -0.39 is 6.04 Å². The van der Waals surface area contributed by atoms with E-state index in [9.17, 15) is 9.59 Å². The van der Waals surface area contributed by atoms with Gasteiger partial charge in [-0.1, -0.05) is 18.9 Å². The summed E-state index contributed by atoms with van der Waals surface area (Å²) in [7, 11) is 0. The molecule has 3 aromatic heterocycles. The van der Waals surface area contributed by atoms with Gasteiger partial charge in [-0.2, -0.15) is 0 Å². The van der Waals surface area contributed by atoms with E-state index in [1.165, 1.54) is 6.26 Å². The lowest BCUT2D eigenvalue weighted by Gasteiger charge is -2.31. The summed E-state index contributed by atoms with van der Waals surface area (Å²) in [6.45, 7) is 0.322. The summed E-state index contributed by atoms with van der Waals surface area (Å²) >= 11 is 1.55. The van der Waals surface area contributed by atoms with Crippen LogP contribution < -0.4 is 5.32 Å². The first kappa shape index (κ1) is 19.4. The number of nitrogens with zero attached hydrogens (tertiary/aromatic N) is 2. The normalized spacial score (nSPS) is 15.2. The standard InChI is InChI=1S/C22H23N3O3S/c26-21(24-17-5-1-2-6-17)20(16-9-11-23-12-10-16)25(15-18-7-4-14-29-18)22(27)19-8-3-13-28-19/h3-4,7-14,17,20H,1-2,5-6,15H2,(H,24,26). The maximum atomic E-state index is 13.4. The van der Waals surface area contributed by atoms with Crippen molar-refractivity contribution in [3.63, 3.8) is 0 Å². The van der Waals surface area contributed by atoms with Crippen LogP contribution in [0.5, 0.6) is 0 Å². The van der Waals surface area contributed by atoms with Crippen molar-refractivity contribution in [3.8, 4) is 0 Å². The molecule has 0 saturated heterocycles. The first-order valence-electron chi connectivity index (χ1n) is 9.79. The Balaban J connectivity index is 1.70. The molecule has 0 aromatic carbocycles. The van der Waals surface area contributed by atoms with Gasteiger partial charge in [0.25, 0.3) is 5.91 Å². The van der Waals surface area contributed by atoms with Gasteiger partial charge in [0.2, 0.25) is 5.91 Å². The third kappa shape index (κ3) is 4.56. The molecule has 4 rings (SSSR count). The Labute approximate surface area is 173 Å². The van der Waals surface area contributed by atoms with Gasteiger partial charge in [0.05, 0.1) is 12.8 Å². The molecule has 1 unspecified atom stereocenters. The molecule has 7 heteroatoms. The fourth-order valence-electron chi connectivity index (χ4n) is 3.76. The van der Waals surface area contributed by atoms with E-state index in [2.05, 4.69) is 10.3 Å². The molecule has 6 nitrogen and oxygen atoms in total. The van der Waals surface area contributed by atoms with Crippen molar-refractivity contribution in [2.45, 2.75) is 44.3 Å². The van der Waals surface area contributed by atoms with E-state index in [4.69, 9.17) is 4.42 Å². The van der Waals surface area contributed by atoms with Crippen molar-refractivity contribution < 1.29 is 14.0 Å². The second kappa shape index (κ2) is 9.05. The van der Waals surface area contributed by atoms with Gasteiger partial charge in [0.1, 0.15) is 6.04 Å². The molecule has 1 N–H and O–H groups in total. The lowest BCUT2D eigenvalue weighted by molar-refractivity contribution is -0.126. The highest BCUT2D eigenvalue weighted by Crippen LogP contribution is 2.28. The SMILES string of the molecule is O=C(NC1CCCC1)C(c1ccncc1)N(Cc1cccs1)C(=O)c1ccco1. The Bertz CT molecular complexity index is 920. The molecule has 1 aliphatic carbocycles. The summed E-state index contributed by atoms with van der Waals surface area (Å²) in [5.74, 6) is -0.263. The third-order valence-corrected chi connectivity index (χ3v) is 6.04. The number of rotatable bonds is 7. The number of carbonyl (C=O) groups is 2. The quantitative estimate of drug-likeness (QED) is 0.635. The summed E-state index contributed by atoms with van der Waals surface area (Å²) in [5.41, 5.74) is 0.729. The van der Waals surface area contributed by atoms with Gasteiger partial charge in [0, 0.05) is 23.3 Å². The van der Waals surface area contributed by atoms with Gasteiger partial charge in [0.15, 0.2) is 5.76 Å². The number of hydrogen-bond donors (Lipinski definition) is 1. The molecule has 0 radical (unpaired) electrons. The van der Waals surface area contributed by atoms with E-state index in [1.54, 1.807) is 52.9 Å². The average molecular weight is 410 g/mol. The number of amides is 2. The highest BCUT2D eigenvalue weighted by Gasteiger charge is 2.34. The van der Waals surface area contributed by atoms with Crippen LogP contribution in [0.1, 0.15) is 52.7 Å². The number of hydrogen-bond acceptors (Lipinski definition) is 5. The molecule has 0 aliphatic heterocycles. The van der Waals surface area contributed by atoms with Gasteiger partial charge in [-0.15, -0.1) is 11.3 Å². The van der Waals surface area contributed by atoms with Gasteiger partial charge in [-0.05, 0) is 54.1 Å². The lowest BCUT2D eigenvalue weighted by atomic mass is 10.0. The van der Waals surface area contributed by atoms with E-state index in [1.807, 2.05) is 17.5 Å². The minimum Gasteiger partial charge on any atom is -0.459 e. The Morgan fingerprint density at radius 1 is 1.17 bits per heavy atom. The largest absolute Gasteiger partial charge is 0.459 e. The zero-order valence-corrected chi connectivity index (χ0v) is 16.8. The molecule has 0 bridgehead atoms. The monoisotopic (exact) mass is 409 g/mol. The number of nitrogens with one attached hydrogen (secondary N) is 1. The van der Waals surface area contributed by atoms with Crippen LogP contribution in [0.3, 0.4) is 0 Å². The molecule has 3 aromatic rings. The number of aromatic nitrogens is 1. The fraction of sp³-hybridized carbons (Fsp3) is 0.318. The first-order valence-corrected chi connectivity index (χ1v) is 10.7. The van der Waals surface area contributed by atoms with Gasteiger partial charge in [-0.25, -0.2) is 0 Å². The second-order valence-electron chi connectivity index (χ2n) is 7.16. The Kier molecular flexibility index (Phi) is 6.05.